The van der Waals surface area contributed by atoms with E-state index >= 15 is 0 Å². The van der Waals surface area contributed by atoms with Gasteiger partial charge in [0.1, 0.15) is 0 Å². The van der Waals surface area contributed by atoms with E-state index in [4.69, 9.17) is 0 Å². The first-order valence-electron chi connectivity index (χ1n) is 14.1. The number of carbonyl (C=O) groups excluding carboxylic acids is 2. The second kappa shape index (κ2) is 16.9. The Morgan fingerprint density at radius 1 is 0.818 bits per heavy atom. The third-order valence-corrected chi connectivity index (χ3v) is 6.42. The summed E-state index contributed by atoms with van der Waals surface area (Å²) in [5.41, 5.74) is 6.32. The van der Waals surface area contributed by atoms with Crippen molar-refractivity contribution in [1.29, 1.82) is 0 Å². The van der Waals surface area contributed by atoms with Crippen LogP contribution in [0.3, 0.4) is 0 Å². The monoisotopic (exact) mass is 594 g/mol. The average molecular weight is 595 g/mol. The van der Waals surface area contributed by atoms with Crippen molar-refractivity contribution in [3.63, 3.8) is 0 Å². The van der Waals surface area contributed by atoms with Gasteiger partial charge in [0.15, 0.2) is 0 Å². The van der Waals surface area contributed by atoms with Crippen LogP contribution in [0.4, 0.5) is 10.5 Å². The number of aromatic nitrogens is 2. The van der Waals surface area contributed by atoms with Gasteiger partial charge in [-0.25, -0.2) is 9.78 Å². The number of piperazine rings is 1. The highest BCUT2D eigenvalue weighted by molar-refractivity contribution is 6.01. The lowest BCUT2D eigenvalue weighted by atomic mass is 10.2. The minimum absolute atomic E-state index is 0.124. The number of carbonyl (C=O) groups is 2. The van der Waals surface area contributed by atoms with Gasteiger partial charge in [0.05, 0.1) is 29.3 Å². The van der Waals surface area contributed by atoms with E-state index in [1.807, 2.05) is 41.7 Å². The normalized spacial score (nSPS) is 14.9. The molecule has 5 N–H and O–H groups in total. The molecule has 0 saturated carbocycles. The highest BCUT2D eigenvalue weighted by atomic mass is 16.2. The minimum atomic E-state index is -0.398. The van der Waals surface area contributed by atoms with E-state index in [0.29, 0.717) is 10.9 Å². The Balaban J connectivity index is 0.000000137. The maximum atomic E-state index is 11.3. The molecule has 3 aliphatic heterocycles. The van der Waals surface area contributed by atoms with Gasteiger partial charge in [-0.2, -0.15) is 5.10 Å². The first-order valence-corrected chi connectivity index (χ1v) is 14.1. The van der Waals surface area contributed by atoms with Crippen molar-refractivity contribution in [2.75, 3.05) is 38.1 Å². The lowest BCUT2D eigenvalue weighted by Gasteiger charge is -2.27. The highest BCUT2D eigenvalue weighted by Crippen LogP contribution is 2.17. The molecule has 3 aromatic carbocycles. The van der Waals surface area contributed by atoms with Gasteiger partial charge in [0.25, 0.3) is 11.1 Å². The second-order valence-electron chi connectivity index (χ2n) is 9.68. The van der Waals surface area contributed by atoms with Crippen molar-refractivity contribution in [2.24, 2.45) is 5.10 Å². The number of nitrogens with one attached hydrogen (secondary N) is 5. The fraction of sp³-hybridized carbons (Fsp3) is 0.188. The average Bonchev–Trinajstić information content (AvgIpc) is 3.21. The number of imide groups is 1. The summed E-state index contributed by atoms with van der Waals surface area (Å²) in [6.45, 7) is 5.84. The summed E-state index contributed by atoms with van der Waals surface area (Å²) >= 11 is 0. The number of para-hydroxylation sites is 2. The van der Waals surface area contributed by atoms with Crippen molar-refractivity contribution in [3.8, 4) is 0 Å². The van der Waals surface area contributed by atoms with E-state index in [1.165, 1.54) is 24.2 Å². The maximum absolute atomic E-state index is 11.3. The molecule has 4 aromatic rings. The molecule has 2 fully saturated rings. The number of H-pyrrole nitrogens is 1. The summed E-state index contributed by atoms with van der Waals surface area (Å²) in [5.74, 6) is -0.259. The van der Waals surface area contributed by atoms with E-state index in [1.54, 1.807) is 30.5 Å². The topological polar surface area (TPSA) is 161 Å². The number of benzene rings is 3. The summed E-state index contributed by atoms with van der Waals surface area (Å²) in [4.78, 5) is 50.8. The highest BCUT2D eigenvalue weighted by Gasteiger charge is 2.14. The maximum Gasteiger partial charge on any atom is 0.321 e. The molecule has 0 bridgehead atoms. The van der Waals surface area contributed by atoms with Crippen LogP contribution in [0, 0.1) is 0 Å². The van der Waals surface area contributed by atoms with Crippen molar-refractivity contribution < 1.29 is 9.59 Å². The Morgan fingerprint density at radius 2 is 1.55 bits per heavy atom. The van der Waals surface area contributed by atoms with Gasteiger partial charge in [-0.05, 0) is 35.4 Å². The number of aromatic amines is 1. The van der Waals surface area contributed by atoms with Crippen molar-refractivity contribution in [3.05, 3.63) is 123 Å². The zero-order valence-corrected chi connectivity index (χ0v) is 24.0. The Morgan fingerprint density at radius 3 is 2.27 bits per heavy atom. The largest absolute Gasteiger partial charge is 0.329 e. The lowest BCUT2D eigenvalue weighted by molar-refractivity contribution is -0.117. The number of fused-ring (bicyclic) bond motifs is 2. The summed E-state index contributed by atoms with van der Waals surface area (Å²) in [6.07, 6.45) is 6.67. The van der Waals surface area contributed by atoms with Crippen LogP contribution in [0.1, 0.15) is 11.1 Å². The number of allylic oxidation sites excluding steroid dienone is 1. The van der Waals surface area contributed by atoms with Crippen LogP contribution >= 0.6 is 0 Å². The fourth-order valence-corrected chi connectivity index (χ4v) is 4.26. The zero-order chi connectivity index (χ0) is 31.0. The minimum Gasteiger partial charge on any atom is -0.329 e. The van der Waals surface area contributed by atoms with E-state index in [2.05, 4.69) is 66.4 Å². The van der Waals surface area contributed by atoms with Gasteiger partial charge in [0, 0.05) is 38.9 Å². The molecule has 0 aliphatic carbocycles. The predicted molar refractivity (Wildman–Crippen MR) is 172 cm³/mol. The van der Waals surface area contributed by atoms with Crippen LogP contribution in [0.5, 0.6) is 0 Å². The number of urea groups is 1. The molecule has 12 nitrogen and oxygen atoms in total. The Labute approximate surface area is 253 Å². The van der Waals surface area contributed by atoms with E-state index < -0.39 is 11.6 Å². The van der Waals surface area contributed by atoms with Gasteiger partial charge < -0.3 is 15.6 Å². The number of rotatable bonds is 2. The first-order chi connectivity index (χ1) is 21.5. The third kappa shape index (κ3) is 10.4. The molecular weight excluding hydrogens is 560 g/mol. The molecule has 4 heterocycles. The molecule has 0 atom stereocenters. The number of nitrogens with zero attached hydrogens (tertiary/aromatic N) is 3. The van der Waals surface area contributed by atoms with Gasteiger partial charge in [-0.15, -0.1) is 0 Å². The smallest absolute Gasteiger partial charge is 0.321 e. The lowest BCUT2D eigenvalue weighted by Crippen LogP contribution is -2.42. The van der Waals surface area contributed by atoms with Crippen molar-refractivity contribution >= 4 is 40.8 Å². The van der Waals surface area contributed by atoms with Crippen LogP contribution in [-0.2, 0) is 11.3 Å². The van der Waals surface area contributed by atoms with Crippen LogP contribution < -0.4 is 32.5 Å². The number of hydrogen-bond donors (Lipinski definition) is 5. The van der Waals surface area contributed by atoms with E-state index in [0.717, 1.165) is 31.5 Å². The summed E-state index contributed by atoms with van der Waals surface area (Å²) in [7, 11) is 0. The molecule has 3 aliphatic rings. The number of anilines is 1. The second-order valence-corrected chi connectivity index (χ2v) is 9.68. The number of amides is 3. The quantitative estimate of drug-likeness (QED) is 0.221. The molecule has 12 heteroatoms. The first kappa shape index (κ1) is 31.5. The molecule has 7 rings (SSSR count). The molecule has 226 valence electrons. The van der Waals surface area contributed by atoms with Gasteiger partial charge in [-0.1, -0.05) is 66.7 Å². The summed E-state index contributed by atoms with van der Waals surface area (Å²) < 4.78 is 0. The number of hydrazone groups is 1. The Hall–Kier alpha value is -5.46. The fourth-order valence-electron chi connectivity index (χ4n) is 4.26. The molecule has 1 aromatic heterocycles. The molecule has 0 radical (unpaired) electrons. The van der Waals surface area contributed by atoms with Crippen molar-refractivity contribution in [1.82, 2.24) is 30.8 Å². The molecule has 44 heavy (non-hydrogen) atoms. The predicted octanol–water partition coefficient (Wildman–Crippen LogP) is 2.31. The van der Waals surface area contributed by atoms with Crippen LogP contribution in [0.25, 0.3) is 17.0 Å². The van der Waals surface area contributed by atoms with Gasteiger partial charge in [0.2, 0.25) is 5.91 Å². The molecule has 0 unspecified atom stereocenters. The third-order valence-electron chi connectivity index (χ3n) is 6.42. The number of hydrogen-bond acceptors (Lipinski definition) is 9. The SMILES string of the molecule is C1=Cc2ccccc2NN=C1.O=C1CNC(=O)N1.O=c1cnc(=O)c2ccccc2[nH]1.c1ccc(CN2CCNCC2)cc1. The van der Waals surface area contributed by atoms with Gasteiger partial charge in [-0.3, -0.25) is 30.0 Å². The summed E-state index contributed by atoms with van der Waals surface area (Å²) in [6, 6.07) is 25.1. The van der Waals surface area contributed by atoms with Gasteiger partial charge >= 0.3 is 6.03 Å². The van der Waals surface area contributed by atoms with Crippen molar-refractivity contribution in [2.45, 2.75) is 6.54 Å². The standard InChI is InChI=1S/C11H16N2.C9H6N2O2.C9H8N2.C3H4N2O2/c1-2-4-11(5-3-1)10-13-8-6-12-7-9-13;12-8-5-10-9(13)6-3-1-2-4-7(6)11-8;1-2-6-9-8(4-1)5-3-7-10-11-9;6-2-1-4-3(7)5-2/h1-5,12H,6-10H2;1-5H,(H,11,12);1-7,11H;1H2,(H2,4,5,6,7). The Bertz CT molecular complexity index is 1700. The summed E-state index contributed by atoms with van der Waals surface area (Å²) in [5, 5.41) is 12.0. The van der Waals surface area contributed by atoms with E-state index in [9.17, 15) is 19.2 Å². The molecule has 3 amide bonds. The molecular formula is C32H34N8O4. The van der Waals surface area contributed by atoms with Crippen LogP contribution in [-0.4, -0.2) is 65.7 Å². The van der Waals surface area contributed by atoms with Crippen LogP contribution in [0.15, 0.2) is 106 Å². The molecule has 2 saturated heterocycles. The van der Waals surface area contributed by atoms with E-state index in [-0.39, 0.29) is 18.0 Å². The Kier molecular flexibility index (Phi) is 12.1. The molecule has 0 spiro atoms. The zero-order valence-electron chi connectivity index (χ0n) is 24.0. The van der Waals surface area contributed by atoms with Crippen LogP contribution in [0.2, 0.25) is 0 Å².